The van der Waals surface area contributed by atoms with Crippen molar-refractivity contribution in [3.8, 4) is 5.75 Å². The van der Waals surface area contributed by atoms with Crippen LogP contribution in [0.3, 0.4) is 0 Å². The Morgan fingerprint density at radius 2 is 1.84 bits per heavy atom. The molecule has 0 heterocycles. The summed E-state index contributed by atoms with van der Waals surface area (Å²) < 4.78 is 0. The van der Waals surface area contributed by atoms with Crippen LogP contribution in [0.1, 0.15) is 37.8 Å². The molecule has 37 heavy (non-hydrogen) atoms. The maximum atomic E-state index is 13.8. The largest absolute Gasteiger partial charge is 0.508 e. The number of Topliss-reactive ketones (excluding diaryl/α,β-unsaturated/α-hetero) is 2. The lowest BCUT2D eigenvalue weighted by atomic mass is 9.57. The van der Waals surface area contributed by atoms with Gasteiger partial charge in [0.15, 0.2) is 11.4 Å². The minimum atomic E-state index is -2.69. The SMILES string of the molecule is CC(C)CC(=O)Nc1ccc(O)c2c1C[C@H]1C[C@H]3[C@H](N(C)C)C(=O)C(C(N)=O)=C(O)[C@@]3(O)C(=O)C1=C2O. The highest BCUT2D eigenvalue weighted by Gasteiger charge is 2.64. The topological polar surface area (TPSA) is 190 Å². The lowest BCUT2D eigenvalue weighted by molar-refractivity contribution is -0.153. The smallest absolute Gasteiger partial charge is 0.255 e. The Morgan fingerprint density at radius 3 is 2.41 bits per heavy atom. The fourth-order valence-electron chi connectivity index (χ4n) is 5.93. The number of carbonyl (C=O) groups is 4. The lowest BCUT2D eigenvalue weighted by Crippen LogP contribution is -2.65. The molecule has 11 nitrogen and oxygen atoms in total. The first-order valence-electron chi connectivity index (χ1n) is 12.0. The van der Waals surface area contributed by atoms with Crippen LogP contribution in [0, 0.1) is 17.8 Å². The Balaban J connectivity index is 1.89. The van der Waals surface area contributed by atoms with Crippen LogP contribution in [0.25, 0.3) is 5.76 Å². The van der Waals surface area contributed by atoms with Gasteiger partial charge in [-0.15, -0.1) is 0 Å². The summed E-state index contributed by atoms with van der Waals surface area (Å²) in [4.78, 5) is 52.9. The van der Waals surface area contributed by atoms with E-state index >= 15 is 0 Å². The molecule has 11 heteroatoms. The van der Waals surface area contributed by atoms with Crippen LogP contribution in [0.2, 0.25) is 0 Å². The van der Waals surface area contributed by atoms with E-state index in [9.17, 15) is 39.6 Å². The van der Waals surface area contributed by atoms with Gasteiger partial charge in [0.1, 0.15) is 22.8 Å². The van der Waals surface area contributed by atoms with Gasteiger partial charge in [-0.2, -0.15) is 0 Å². The number of rotatable bonds is 5. The van der Waals surface area contributed by atoms with Crippen molar-refractivity contribution in [1.29, 1.82) is 0 Å². The number of aliphatic hydroxyl groups excluding tert-OH is 2. The second-order valence-corrected chi connectivity index (χ2v) is 10.6. The number of phenolic OH excluding ortho intramolecular Hbond substituents is 1. The molecule has 1 saturated carbocycles. The summed E-state index contributed by atoms with van der Waals surface area (Å²) in [6, 6.07) is 1.62. The van der Waals surface area contributed by atoms with Gasteiger partial charge in [-0.25, -0.2) is 0 Å². The fourth-order valence-corrected chi connectivity index (χ4v) is 5.93. The zero-order valence-corrected chi connectivity index (χ0v) is 21.0. The normalized spacial score (nSPS) is 27.3. The average Bonchev–Trinajstić information content (AvgIpc) is 2.77. The van der Waals surface area contributed by atoms with E-state index in [-0.39, 0.29) is 48.0 Å². The highest BCUT2D eigenvalue weighted by Crippen LogP contribution is 2.53. The van der Waals surface area contributed by atoms with E-state index < -0.39 is 58.0 Å². The summed E-state index contributed by atoms with van der Waals surface area (Å²) in [7, 11) is 3.07. The molecule has 0 aliphatic heterocycles. The van der Waals surface area contributed by atoms with Crippen molar-refractivity contribution in [2.75, 3.05) is 19.4 Å². The molecule has 0 spiro atoms. The Kier molecular flexibility index (Phi) is 6.41. The van der Waals surface area contributed by atoms with Crippen molar-refractivity contribution in [3.63, 3.8) is 0 Å². The molecule has 1 fully saturated rings. The van der Waals surface area contributed by atoms with Crippen LogP contribution in [0.15, 0.2) is 29.0 Å². The quantitative estimate of drug-likeness (QED) is 0.246. The number of benzene rings is 1. The van der Waals surface area contributed by atoms with Gasteiger partial charge in [0.2, 0.25) is 11.7 Å². The predicted molar refractivity (Wildman–Crippen MR) is 132 cm³/mol. The van der Waals surface area contributed by atoms with Crippen molar-refractivity contribution < 1.29 is 39.6 Å². The fraction of sp³-hybridized carbons (Fsp3) is 0.462. The van der Waals surface area contributed by atoms with Gasteiger partial charge in [-0.3, -0.25) is 24.1 Å². The maximum absolute atomic E-state index is 13.8. The molecule has 3 aliphatic carbocycles. The summed E-state index contributed by atoms with van der Waals surface area (Å²) >= 11 is 0. The second-order valence-electron chi connectivity index (χ2n) is 10.6. The van der Waals surface area contributed by atoms with Crippen molar-refractivity contribution >= 4 is 34.8 Å². The van der Waals surface area contributed by atoms with Gasteiger partial charge < -0.3 is 31.5 Å². The number of ketones is 2. The van der Waals surface area contributed by atoms with E-state index in [0.717, 1.165) is 0 Å². The first-order chi connectivity index (χ1) is 17.2. The van der Waals surface area contributed by atoms with E-state index in [1.807, 2.05) is 13.8 Å². The second kappa shape index (κ2) is 9.00. The zero-order chi connectivity index (χ0) is 27.6. The van der Waals surface area contributed by atoms with E-state index in [1.54, 1.807) is 0 Å². The van der Waals surface area contributed by atoms with Gasteiger partial charge in [0.05, 0.1) is 11.6 Å². The predicted octanol–water partition coefficient (Wildman–Crippen LogP) is 0.949. The van der Waals surface area contributed by atoms with Gasteiger partial charge >= 0.3 is 0 Å². The Bertz CT molecular complexity index is 1290. The molecule has 1 aromatic carbocycles. The number of likely N-dealkylation sites (N-methyl/N-ethyl adjacent to an activating group) is 1. The molecule has 4 atom stereocenters. The molecule has 198 valence electrons. The molecular weight excluding hydrogens is 482 g/mol. The van der Waals surface area contributed by atoms with Crippen LogP contribution in [-0.4, -0.2) is 74.4 Å². The van der Waals surface area contributed by atoms with Crippen LogP contribution < -0.4 is 11.1 Å². The third-order valence-electron chi connectivity index (χ3n) is 7.47. The number of carbonyl (C=O) groups excluding carboxylic acids is 4. The summed E-state index contributed by atoms with van der Waals surface area (Å²) in [5.74, 6) is -7.31. The number of hydrogen-bond donors (Lipinski definition) is 6. The van der Waals surface area contributed by atoms with Crippen molar-refractivity contribution in [3.05, 3.63) is 40.2 Å². The van der Waals surface area contributed by atoms with E-state index in [4.69, 9.17) is 5.73 Å². The van der Waals surface area contributed by atoms with Crippen molar-refractivity contribution in [2.24, 2.45) is 23.5 Å². The molecular formula is C26H31N3O8. The molecule has 7 N–H and O–H groups in total. The third kappa shape index (κ3) is 3.89. The summed E-state index contributed by atoms with van der Waals surface area (Å²) in [5, 5.41) is 47.0. The third-order valence-corrected chi connectivity index (χ3v) is 7.47. The van der Waals surface area contributed by atoms with Crippen molar-refractivity contribution in [2.45, 2.75) is 44.8 Å². The number of aromatic hydroxyl groups is 1. The number of hydrogen-bond acceptors (Lipinski definition) is 9. The van der Waals surface area contributed by atoms with E-state index in [2.05, 4.69) is 5.32 Å². The Labute approximate surface area is 213 Å². The molecule has 0 unspecified atom stereocenters. The highest BCUT2D eigenvalue weighted by molar-refractivity contribution is 6.24. The zero-order valence-electron chi connectivity index (χ0n) is 21.0. The molecule has 0 saturated heterocycles. The number of nitrogens with zero attached hydrogens (tertiary/aromatic N) is 1. The van der Waals surface area contributed by atoms with E-state index in [0.29, 0.717) is 11.3 Å². The first kappa shape index (κ1) is 26.4. The van der Waals surface area contributed by atoms with Gasteiger partial charge in [0.25, 0.3) is 5.91 Å². The number of phenols is 1. The minimum absolute atomic E-state index is 0.0270. The Morgan fingerprint density at radius 1 is 1.19 bits per heavy atom. The van der Waals surface area contributed by atoms with Crippen LogP contribution in [-0.2, 0) is 25.6 Å². The van der Waals surface area contributed by atoms with Gasteiger partial charge in [-0.1, -0.05) is 13.8 Å². The standard InChI is InChI=1S/C26H31N3O8/c1-10(2)7-16(31)28-14-5-6-15(30)18-12(14)8-11-9-13-20(29(3)4)22(33)19(25(27)36)24(35)26(13,37)23(34)17(11)21(18)32/h5-6,10-11,13,20,30,32,35,37H,7-9H2,1-4H3,(H2,27,36)(H,28,31)/t11-,13-,20-,26-/m0/s1. The summed E-state index contributed by atoms with van der Waals surface area (Å²) in [5.41, 5.74) is 2.22. The summed E-state index contributed by atoms with van der Waals surface area (Å²) in [6.07, 6.45) is 0.321. The number of nitrogens with two attached hydrogens (primary N) is 1. The van der Waals surface area contributed by atoms with Crippen molar-refractivity contribution in [1.82, 2.24) is 4.90 Å². The molecule has 0 radical (unpaired) electrons. The molecule has 0 aromatic heterocycles. The lowest BCUT2D eigenvalue weighted by Gasteiger charge is -2.50. The monoisotopic (exact) mass is 513 g/mol. The number of aliphatic hydroxyl groups is 3. The summed E-state index contributed by atoms with van der Waals surface area (Å²) in [6.45, 7) is 3.78. The maximum Gasteiger partial charge on any atom is 0.255 e. The van der Waals surface area contributed by atoms with Crippen LogP contribution in [0.4, 0.5) is 5.69 Å². The van der Waals surface area contributed by atoms with E-state index in [1.165, 1.54) is 31.1 Å². The number of primary amides is 1. The van der Waals surface area contributed by atoms with Crippen LogP contribution >= 0.6 is 0 Å². The molecule has 1 aromatic rings. The highest BCUT2D eigenvalue weighted by atomic mass is 16.3. The molecule has 0 bridgehead atoms. The van der Waals surface area contributed by atoms with Crippen LogP contribution in [0.5, 0.6) is 5.75 Å². The average molecular weight is 514 g/mol. The van der Waals surface area contributed by atoms with Gasteiger partial charge in [-0.05, 0) is 56.5 Å². The Hall–Kier alpha value is -3.70. The minimum Gasteiger partial charge on any atom is -0.508 e. The molecule has 4 rings (SSSR count). The molecule has 2 amide bonds. The number of nitrogens with one attached hydrogen (secondary N) is 1. The molecule has 3 aliphatic rings. The first-order valence-corrected chi connectivity index (χ1v) is 12.0. The van der Waals surface area contributed by atoms with Gasteiger partial charge in [0, 0.05) is 23.6 Å². The number of fused-ring (bicyclic) bond motifs is 3. The number of anilines is 1. The number of amides is 2.